The van der Waals surface area contributed by atoms with Crippen LogP contribution in [0.25, 0.3) is 0 Å². The maximum Gasteiger partial charge on any atom is 0.416 e. The first-order chi connectivity index (χ1) is 16.8. The summed E-state index contributed by atoms with van der Waals surface area (Å²) in [5.74, 6) is 0.173. The number of benzene rings is 3. The molecule has 0 N–H and O–H groups in total. The van der Waals surface area contributed by atoms with Gasteiger partial charge in [0.2, 0.25) is 0 Å². The van der Waals surface area contributed by atoms with E-state index in [2.05, 4.69) is 0 Å². The highest BCUT2D eigenvalue weighted by Gasteiger charge is 2.43. The van der Waals surface area contributed by atoms with Gasteiger partial charge < -0.3 is 4.74 Å². The van der Waals surface area contributed by atoms with Gasteiger partial charge >= 0.3 is 24.7 Å². The molecule has 3 aromatic carbocycles. The van der Waals surface area contributed by atoms with Crippen LogP contribution < -0.4 is 4.74 Å². The molecule has 0 saturated heterocycles. The second-order valence-corrected chi connectivity index (χ2v) is 9.49. The minimum atomic E-state index is -5.30. The summed E-state index contributed by atoms with van der Waals surface area (Å²) in [5.41, 5.74) is -7.09. The fourth-order valence-corrected chi connectivity index (χ4v) is 5.41. The molecule has 0 aliphatic rings. The van der Waals surface area contributed by atoms with Crippen LogP contribution in [-0.2, 0) is 35.6 Å². The fourth-order valence-electron chi connectivity index (χ4n) is 3.21. The van der Waals surface area contributed by atoms with Crippen molar-refractivity contribution in [3.63, 3.8) is 0 Å². The molecule has 0 heterocycles. The zero-order valence-electron chi connectivity index (χ0n) is 18.1. The molecule has 0 aliphatic heterocycles. The Hall–Kier alpha value is -3.03. The Balaban J connectivity index is 2.42. The summed E-state index contributed by atoms with van der Waals surface area (Å²) in [6.45, 7) is 0. The molecule has 0 aromatic heterocycles. The van der Waals surface area contributed by atoms with E-state index in [4.69, 9.17) is 4.74 Å². The monoisotopic (exact) mass is 565 g/mol. The van der Waals surface area contributed by atoms with Gasteiger partial charge in [0.25, 0.3) is 0 Å². The molecule has 0 radical (unpaired) electrons. The largest absolute Gasteiger partial charge is 0.497 e. The Morgan fingerprint density at radius 1 is 0.459 bits per heavy atom. The average Bonchev–Trinajstić information content (AvgIpc) is 2.77. The standard InChI is InChI=1S/C23H13F12OS/c1-36-16-2-4-17(5-3-16)37(18-8-12(20(24,25)26)6-13(9-18)21(27,28)29)19-10-14(22(30,31)32)7-15(11-19)23(33,34)35/h2-11H,1H3/q+1. The highest BCUT2D eigenvalue weighted by Crippen LogP contribution is 2.43. The van der Waals surface area contributed by atoms with Crippen molar-refractivity contribution in [3.05, 3.63) is 82.9 Å². The molecule has 14 heteroatoms. The highest BCUT2D eigenvalue weighted by atomic mass is 32.2. The van der Waals surface area contributed by atoms with Crippen LogP contribution in [0.2, 0.25) is 0 Å². The van der Waals surface area contributed by atoms with Crippen LogP contribution in [0.15, 0.2) is 75.4 Å². The zero-order valence-corrected chi connectivity index (χ0v) is 18.9. The summed E-state index contributed by atoms with van der Waals surface area (Å²) >= 11 is 0. The van der Waals surface area contributed by atoms with Crippen molar-refractivity contribution in [3.8, 4) is 5.75 Å². The van der Waals surface area contributed by atoms with E-state index in [9.17, 15) is 52.7 Å². The van der Waals surface area contributed by atoms with E-state index in [0.29, 0.717) is 0 Å². The van der Waals surface area contributed by atoms with Gasteiger partial charge in [-0.25, -0.2) is 0 Å². The average molecular weight is 565 g/mol. The molecule has 0 amide bonds. The Labute approximate surface area is 204 Å². The fraction of sp³-hybridized carbons (Fsp3) is 0.217. The lowest BCUT2D eigenvalue weighted by Crippen LogP contribution is -2.16. The number of alkyl halides is 12. The minimum absolute atomic E-state index is 0.152. The van der Waals surface area contributed by atoms with Crippen LogP contribution in [0.5, 0.6) is 5.75 Å². The summed E-state index contributed by atoms with van der Waals surface area (Å²) < 4.78 is 167. The maximum absolute atomic E-state index is 13.5. The first-order valence-electron chi connectivity index (χ1n) is 9.78. The van der Waals surface area contributed by atoms with Crippen LogP contribution in [0.3, 0.4) is 0 Å². The molecular weight excluding hydrogens is 552 g/mol. The summed E-state index contributed by atoms with van der Waals surface area (Å²) in [7, 11) is -1.03. The van der Waals surface area contributed by atoms with Gasteiger partial charge in [0, 0.05) is 24.3 Å². The Bertz CT molecular complexity index is 1120. The maximum atomic E-state index is 13.5. The third-order valence-corrected chi connectivity index (χ3v) is 7.05. The normalized spacial score (nSPS) is 13.2. The Morgan fingerprint density at radius 2 is 0.757 bits per heavy atom. The number of methoxy groups -OCH3 is 1. The van der Waals surface area contributed by atoms with Gasteiger partial charge in [-0.1, -0.05) is 0 Å². The third kappa shape index (κ3) is 6.65. The van der Waals surface area contributed by atoms with Crippen molar-refractivity contribution < 1.29 is 57.4 Å². The summed E-state index contributed by atoms with van der Waals surface area (Å²) in [6.07, 6.45) is -21.2. The van der Waals surface area contributed by atoms with E-state index in [1.807, 2.05) is 0 Å². The lowest BCUT2D eigenvalue weighted by Gasteiger charge is -2.17. The lowest BCUT2D eigenvalue weighted by atomic mass is 10.1. The first kappa shape index (κ1) is 28.5. The van der Waals surface area contributed by atoms with Gasteiger partial charge in [-0.2, -0.15) is 52.7 Å². The molecule has 0 spiro atoms. The summed E-state index contributed by atoms with van der Waals surface area (Å²) in [5, 5.41) is 0. The topological polar surface area (TPSA) is 9.23 Å². The van der Waals surface area contributed by atoms with E-state index in [-0.39, 0.29) is 47.0 Å². The van der Waals surface area contributed by atoms with E-state index >= 15 is 0 Å². The van der Waals surface area contributed by atoms with Gasteiger partial charge in [0.1, 0.15) is 5.75 Å². The molecular formula is C23H13F12OS+. The van der Waals surface area contributed by atoms with Crippen molar-refractivity contribution in [1.82, 2.24) is 0 Å². The number of hydrogen-bond acceptors (Lipinski definition) is 1. The van der Waals surface area contributed by atoms with Crippen molar-refractivity contribution in [2.24, 2.45) is 0 Å². The van der Waals surface area contributed by atoms with Crippen LogP contribution in [0.4, 0.5) is 52.7 Å². The van der Waals surface area contributed by atoms with E-state index in [0.717, 1.165) is 12.1 Å². The van der Waals surface area contributed by atoms with Gasteiger partial charge in [0.15, 0.2) is 14.7 Å². The quantitative estimate of drug-likeness (QED) is 0.227. The second kappa shape index (κ2) is 9.69. The van der Waals surface area contributed by atoms with E-state index in [1.165, 1.54) is 19.2 Å². The molecule has 1 nitrogen and oxygen atoms in total. The van der Waals surface area contributed by atoms with Crippen molar-refractivity contribution in [2.45, 2.75) is 39.4 Å². The van der Waals surface area contributed by atoms with Crippen LogP contribution in [0, 0.1) is 0 Å². The zero-order chi connectivity index (χ0) is 28.0. The number of hydrogen-bond donors (Lipinski definition) is 0. The molecule has 3 aromatic rings. The van der Waals surface area contributed by atoms with Crippen LogP contribution >= 0.6 is 0 Å². The molecule has 3 rings (SSSR count). The van der Waals surface area contributed by atoms with E-state index in [1.54, 1.807) is 0 Å². The van der Waals surface area contributed by atoms with Crippen molar-refractivity contribution in [2.75, 3.05) is 7.11 Å². The van der Waals surface area contributed by atoms with E-state index < -0.39 is 67.6 Å². The second-order valence-electron chi connectivity index (χ2n) is 7.46. The molecule has 0 saturated carbocycles. The molecule has 0 atom stereocenters. The molecule has 37 heavy (non-hydrogen) atoms. The molecule has 200 valence electrons. The molecule has 0 aliphatic carbocycles. The Kier molecular flexibility index (Phi) is 7.47. The van der Waals surface area contributed by atoms with Gasteiger partial charge in [-0.15, -0.1) is 0 Å². The molecule has 0 unspecified atom stereocenters. The van der Waals surface area contributed by atoms with Crippen molar-refractivity contribution >= 4 is 10.9 Å². The number of rotatable bonds is 4. The smallest absolute Gasteiger partial charge is 0.416 e. The SMILES string of the molecule is COc1ccc([S+](c2cc(C(F)(F)F)cc(C(F)(F)F)c2)c2cc(C(F)(F)F)cc(C(F)(F)F)c2)cc1. The van der Waals surface area contributed by atoms with Crippen LogP contribution in [-0.4, -0.2) is 7.11 Å². The Morgan fingerprint density at radius 3 is 1.00 bits per heavy atom. The van der Waals surface area contributed by atoms with Crippen molar-refractivity contribution in [1.29, 1.82) is 0 Å². The highest BCUT2D eigenvalue weighted by molar-refractivity contribution is 7.97. The summed E-state index contributed by atoms with van der Waals surface area (Å²) in [4.78, 5) is -1.74. The first-order valence-corrected chi connectivity index (χ1v) is 11.0. The van der Waals surface area contributed by atoms with Gasteiger partial charge in [-0.3, -0.25) is 0 Å². The molecule has 0 fully saturated rings. The number of halogens is 12. The predicted molar refractivity (Wildman–Crippen MR) is 108 cm³/mol. The van der Waals surface area contributed by atoms with Gasteiger partial charge in [-0.05, 0) is 36.4 Å². The van der Waals surface area contributed by atoms with Crippen LogP contribution in [0.1, 0.15) is 22.3 Å². The minimum Gasteiger partial charge on any atom is -0.497 e. The number of ether oxygens (including phenoxy) is 1. The lowest BCUT2D eigenvalue weighted by molar-refractivity contribution is -0.144. The summed E-state index contributed by atoms with van der Waals surface area (Å²) in [6, 6.07) is 5.40. The third-order valence-electron chi connectivity index (χ3n) is 4.89. The molecule has 0 bridgehead atoms. The predicted octanol–water partition coefficient (Wildman–Crippen LogP) is 8.87. The van der Waals surface area contributed by atoms with Gasteiger partial charge in [0.05, 0.1) is 40.3 Å².